The molecule has 1 fully saturated rings. The molecule has 0 saturated heterocycles. The summed E-state index contributed by atoms with van der Waals surface area (Å²) in [7, 11) is -3.37. The van der Waals surface area contributed by atoms with Crippen LogP contribution in [0.25, 0.3) is 0 Å². The topological polar surface area (TPSA) is 72.2 Å². The smallest absolute Gasteiger partial charge is 0.250 e. The molecule has 0 spiro atoms. The van der Waals surface area contributed by atoms with Crippen LogP contribution in [-0.4, -0.2) is 14.5 Å². The zero-order valence-corrected chi connectivity index (χ0v) is 12.2. The summed E-state index contributed by atoms with van der Waals surface area (Å²) in [5, 5.41) is 1.80. The highest BCUT2D eigenvalue weighted by atomic mass is 32.2. The molecule has 1 saturated carbocycles. The van der Waals surface area contributed by atoms with Crippen LogP contribution in [0.3, 0.4) is 0 Å². The summed E-state index contributed by atoms with van der Waals surface area (Å²) < 4.78 is 27.7. The largest absolute Gasteiger partial charge is 0.326 e. The molecule has 0 bridgehead atoms. The molecule has 2 unspecified atom stereocenters. The maximum atomic E-state index is 12.2. The van der Waals surface area contributed by atoms with Gasteiger partial charge in [-0.25, -0.2) is 13.1 Å². The summed E-state index contributed by atoms with van der Waals surface area (Å²) in [6.07, 6.45) is 4.35. The van der Waals surface area contributed by atoms with Gasteiger partial charge >= 0.3 is 0 Å². The van der Waals surface area contributed by atoms with E-state index in [4.69, 9.17) is 5.73 Å². The summed E-state index contributed by atoms with van der Waals surface area (Å²) in [5.74, 6) is 0.419. The van der Waals surface area contributed by atoms with Crippen LogP contribution in [0.5, 0.6) is 0 Å². The van der Waals surface area contributed by atoms with Gasteiger partial charge < -0.3 is 5.73 Å². The Kier molecular flexibility index (Phi) is 4.42. The summed E-state index contributed by atoms with van der Waals surface area (Å²) in [6, 6.07) is 1.74. The van der Waals surface area contributed by atoms with Crippen LogP contribution < -0.4 is 10.5 Å². The lowest BCUT2D eigenvalue weighted by Crippen LogP contribution is -2.40. The summed E-state index contributed by atoms with van der Waals surface area (Å²) in [6.45, 7) is 2.50. The molecule has 4 nitrogen and oxygen atoms in total. The van der Waals surface area contributed by atoms with Crippen LogP contribution in [0.15, 0.2) is 15.7 Å². The first-order valence-corrected chi connectivity index (χ1v) is 8.69. The number of hydrogen-bond donors (Lipinski definition) is 2. The van der Waals surface area contributed by atoms with Crippen molar-refractivity contribution in [2.24, 2.45) is 11.7 Å². The van der Waals surface area contributed by atoms with E-state index in [1.807, 2.05) is 0 Å². The highest BCUT2D eigenvalue weighted by molar-refractivity contribution is 7.91. The van der Waals surface area contributed by atoms with E-state index in [0.29, 0.717) is 16.7 Å². The summed E-state index contributed by atoms with van der Waals surface area (Å²) in [4.78, 5) is 0. The second-order valence-electron chi connectivity index (χ2n) is 4.97. The molecule has 18 heavy (non-hydrogen) atoms. The van der Waals surface area contributed by atoms with Crippen LogP contribution in [0.2, 0.25) is 0 Å². The zero-order valence-electron chi connectivity index (χ0n) is 10.6. The first-order valence-electron chi connectivity index (χ1n) is 6.33. The Hall–Kier alpha value is -0.430. The average molecular weight is 288 g/mol. The van der Waals surface area contributed by atoms with Gasteiger partial charge in [0.1, 0.15) is 4.21 Å². The minimum atomic E-state index is -3.37. The van der Waals surface area contributed by atoms with Gasteiger partial charge in [0.05, 0.1) is 0 Å². The molecule has 102 valence electrons. The molecule has 2 atom stereocenters. The fourth-order valence-electron chi connectivity index (χ4n) is 2.35. The Morgan fingerprint density at radius 2 is 2.17 bits per heavy atom. The van der Waals surface area contributed by atoms with Gasteiger partial charge in [0.2, 0.25) is 10.0 Å². The second-order valence-corrected chi connectivity index (χ2v) is 7.82. The molecule has 0 radical (unpaired) electrons. The Labute approximate surface area is 113 Å². The first-order chi connectivity index (χ1) is 8.53. The molecule has 1 aliphatic carbocycles. The predicted molar refractivity (Wildman–Crippen MR) is 74.0 cm³/mol. The van der Waals surface area contributed by atoms with E-state index >= 15 is 0 Å². The zero-order chi connectivity index (χ0) is 13.2. The molecule has 6 heteroatoms. The minimum Gasteiger partial charge on any atom is -0.326 e. The SMILES string of the molecule is CC1CCCCC1NS(=O)(=O)c1cc(CN)cs1. The van der Waals surface area contributed by atoms with Crippen molar-refractivity contribution < 1.29 is 8.42 Å². The Morgan fingerprint density at radius 3 is 2.78 bits per heavy atom. The Balaban J connectivity index is 2.11. The van der Waals surface area contributed by atoms with E-state index in [1.165, 1.54) is 17.8 Å². The van der Waals surface area contributed by atoms with Crippen molar-refractivity contribution in [1.29, 1.82) is 0 Å². The maximum absolute atomic E-state index is 12.2. The van der Waals surface area contributed by atoms with Crippen molar-refractivity contribution in [3.05, 3.63) is 17.0 Å². The van der Waals surface area contributed by atoms with E-state index in [9.17, 15) is 8.42 Å². The van der Waals surface area contributed by atoms with Gasteiger partial charge in [-0.2, -0.15) is 0 Å². The van der Waals surface area contributed by atoms with Crippen molar-refractivity contribution in [2.45, 2.75) is 49.4 Å². The minimum absolute atomic E-state index is 0.0761. The molecule has 2 rings (SSSR count). The summed E-state index contributed by atoms with van der Waals surface area (Å²) in [5.41, 5.74) is 6.38. The number of hydrogen-bond acceptors (Lipinski definition) is 4. The lowest BCUT2D eigenvalue weighted by Gasteiger charge is -2.28. The third kappa shape index (κ3) is 3.12. The summed E-state index contributed by atoms with van der Waals surface area (Å²) >= 11 is 1.24. The Morgan fingerprint density at radius 1 is 1.44 bits per heavy atom. The van der Waals surface area contributed by atoms with Crippen molar-refractivity contribution in [3.63, 3.8) is 0 Å². The van der Waals surface area contributed by atoms with Gasteiger partial charge in [0.15, 0.2) is 0 Å². The van der Waals surface area contributed by atoms with Crippen LogP contribution >= 0.6 is 11.3 Å². The maximum Gasteiger partial charge on any atom is 0.250 e. The van der Waals surface area contributed by atoms with E-state index in [-0.39, 0.29) is 6.04 Å². The molecular formula is C12H20N2O2S2. The molecule has 3 N–H and O–H groups in total. The molecule has 0 aromatic carbocycles. The number of nitrogens with one attached hydrogen (secondary N) is 1. The van der Waals surface area contributed by atoms with Gasteiger partial charge in [-0.3, -0.25) is 0 Å². The molecular weight excluding hydrogens is 268 g/mol. The molecule has 1 aromatic rings. The number of sulfonamides is 1. The van der Waals surface area contributed by atoms with E-state index in [0.717, 1.165) is 24.8 Å². The van der Waals surface area contributed by atoms with Gasteiger partial charge in [-0.1, -0.05) is 19.8 Å². The average Bonchev–Trinajstić information content (AvgIpc) is 2.81. The molecule has 1 aliphatic rings. The third-order valence-corrected chi connectivity index (χ3v) is 6.53. The highest BCUT2D eigenvalue weighted by Gasteiger charge is 2.27. The second kappa shape index (κ2) is 5.69. The van der Waals surface area contributed by atoms with E-state index in [2.05, 4.69) is 11.6 Å². The highest BCUT2D eigenvalue weighted by Crippen LogP contribution is 2.26. The van der Waals surface area contributed by atoms with Crippen LogP contribution in [0.4, 0.5) is 0 Å². The monoisotopic (exact) mass is 288 g/mol. The third-order valence-electron chi connectivity index (χ3n) is 3.55. The van der Waals surface area contributed by atoms with Crippen molar-refractivity contribution in [3.8, 4) is 0 Å². The lowest BCUT2D eigenvalue weighted by molar-refractivity contribution is 0.310. The van der Waals surface area contributed by atoms with E-state index in [1.54, 1.807) is 11.4 Å². The van der Waals surface area contributed by atoms with Crippen LogP contribution in [0, 0.1) is 5.92 Å². The van der Waals surface area contributed by atoms with Crippen molar-refractivity contribution in [1.82, 2.24) is 4.72 Å². The van der Waals surface area contributed by atoms with Crippen LogP contribution in [0.1, 0.15) is 38.2 Å². The Bertz CT molecular complexity index is 496. The van der Waals surface area contributed by atoms with Gasteiger partial charge in [0.25, 0.3) is 0 Å². The predicted octanol–water partition coefficient (Wildman–Crippen LogP) is 2.06. The van der Waals surface area contributed by atoms with Crippen LogP contribution in [-0.2, 0) is 16.6 Å². The lowest BCUT2D eigenvalue weighted by atomic mass is 9.87. The fraction of sp³-hybridized carbons (Fsp3) is 0.667. The van der Waals surface area contributed by atoms with Gasteiger partial charge in [-0.05, 0) is 35.8 Å². The normalized spacial score (nSPS) is 25.2. The number of nitrogens with two attached hydrogens (primary N) is 1. The molecule has 0 amide bonds. The molecule has 0 aliphatic heterocycles. The van der Waals surface area contributed by atoms with Crippen molar-refractivity contribution >= 4 is 21.4 Å². The number of thiophene rings is 1. The standard InChI is InChI=1S/C12H20N2O2S2/c1-9-4-2-3-5-11(9)14-18(15,16)12-6-10(7-13)8-17-12/h6,8-9,11,14H,2-5,7,13H2,1H3. The fourth-order valence-corrected chi connectivity index (χ4v) is 4.97. The van der Waals surface area contributed by atoms with Gasteiger partial charge in [-0.15, -0.1) is 11.3 Å². The first kappa shape index (κ1) is 14.0. The van der Waals surface area contributed by atoms with Crippen molar-refractivity contribution in [2.75, 3.05) is 0 Å². The van der Waals surface area contributed by atoms with E-state index < -0.39 is 10.0 Å². The quantitative estimate of drug-likeness (QED) is 0.891. The van der Waals surface area contributed by atoms with Gasteiger partial charge in [0, 0.05) is 12.6 Å². The molecule has 1 aromatic heterocycles. The number of rotatable bonds is 4. The molecule has 1 heterocycles.